The van der Waals surface area contributed by atoms with Crippen LogP contribution in [0.25, 0.3) is 0 Å². The summed E-state index contributed by atoms with van der Waals surface area (Å²) >= 11 is 6.24. The highest BCUT2D eigenvalue weighted by atomic mass is 35.5. The van der Waals surface area contributed by atoms with Gasteiger partial charge in [-0.2, -0.15) is 4.31 Å². The van der Waals surface area contributed by atoms with Crippen molar-refractivity contribution < 1.29 is 13.2 Å². The lowest BCUT2D eigenvalue weighted by molar-refractivity contribution is 0.255. The van der Waals surface area contributed by atoms with E-state index < -0.39 is 10.0 Å². The van der Waals surface area contributed by atoms with Crippen molar-refractivity contribution in [2.75, 3.05) is 6.54 Å². The van der Waals surface area contributed by atoms with Gasteiger partial charge in [0.05, 0.1) is 28.5 Å². The average Bonchev–Trinajstić information content (AvgIpc) is 2.99. The summed E-state index contributed by atoms with van der Waals surface area (Å²) in [6.45, 7) is 2.23. The number of benzene rings is 1. The quantitative estimate of drug-likeness (QED) is 0.769. The van der Waals surface area contributed by atoms with Gasteiger partial charge in [0.1, 0.15) is 11.9 Å². The van der Waals surface area contributed by atoms with Gasteiger partial charge in [0, 0.05) is 31.1 Å². The summed E-state index contributed by atoms with van der Waals surface area (Å²) in [7, 11) is -2.11. The van der Waals surface area contributed by atoms with Crippen LogP contribution in [0.15, 0.2) is 28.2 Å². The number of halogens is 1. The standard InChI is InChI=1S/C17H18ClN3O4S/c1-10-5-11-6-12(7-14(18)16(11)25-10)26(23,24)21-4-3-13-15(8-21)19-9-20(2)17(13)22/h6-7,9-10H,3-5,8H2,1-2H3. The molecule has 0 N–H and O–H groups in total. The normalized spacial score (nSPS) is 19.7. The molecule has 2 aliphatic rings. The van der Waals surface area contributed by atoms with Crippen molar-refractivity contribution in [1.82, 2.24) is 13.9 Å². The van der Waals surface area contributed by atoms with E-state index in [4.69, 9.17) is 16.3 Å². The Bertz CT molecular complexity index is 1060. The van der Waals surface area contributed by atoms with E-state index in [-0.39, 0.29) is 29.6 Å². The topological polar surface area (TPSA) is 81.5 Å². The fourth-order valence-electron chi connectivity index (χ4n) is 3.46. The van der Waals surface area contributed by atoms with Crippen molar-refractivity contribution in [3.63, 3.8) is 0 Å². The molecule has 9 heteroatoms. The highest BCUT2D eigenvalue weighted by Gasteiger charge is 2.32. The Morgan fingerprint density at radius 3 is 2.88 bits per heavy atom. The molecule has 7 nitrogen and oxygen atoms in total. The number of hydrogen-bond acceptors (Lipinski definition) is 5. The fourth-order valence-corrected chi connectivity index (χ4v) is 5.28. The number of hydrogen-bond donors (Lipinski definition) is 0. The maximum absolute atomic E-state index is 13.1. The van der Waals surface area contributed by atoms with E-state index in [0.29, 0.717) is 34.9 Å². The molecule has 0 spiro atoms. The molecule has 0 radical (unpaired) electrons. The molecule has 2 aliphatic heterocycles. The SMILES string of the molecule is CC1Cc2cc(S(=O)(=O)N3CCc4c(ncn(C)c4=O)C3)cc(Cl)c2O1. The Labute approximate surface area is 156 Å². The average molecular weight is 396 g/mol. The Balaban J connectivity index is 1.70. The molecule has 3 heterocycles. The van der Waals surface area contributed by atoms with Crippen LogP contribution in [0.3, 0.4) is 0 Å². The second-order valence-corrected chi connectivity index (χ2v) is 9.05. The van der Waals surface area contributed by atoms with Crippen LogP contribution in [-0.4, -0.2) is 34.9 Å². The highest BCUT2D eigenvalue weighted by Crippen LogP contribution is 2.38. The summed E-state index contributed by atoms with van der Waals surface area (Å²) in [6, 6.07) is 3.06. The van der Waals surface area contributed by atoms with E-state index in [1.54, 1.807) is 13.1 Å². The van der Waals surface area contributed by atoms with E-state index in [1.807, 2.05) is 6.92 Å². The summed E-state index contributed by atoms with van der Waals surface area (Å²) < 4.78 is 34.6. The molecule has 138 valence electrons. The van der Waals surface area contributed by atoms with E-state index in [0.717, 1.165) is 5.56 Å². The molecule has 0 saturated carbocycles. The van der Waals surface area contributed by atoms with Gasteiger partial charge in [-0.05, 0) is 25.5 Å². The largest absolute Gasteiger partial charge is 0.489 e. The first-order chi connectivity index (χ1) is 12.3. The Hall–Kier alpha value is -1.90. The van der Waals surface area contributed by atoms with Crippen molar-refractivity contribution in [2.24, 2.45) is 7.05 Å². The third-order valence-corrected chi connectivity index (χ3v) is 6.91. The first-order valence-corrected chi connectivity index (χ1v) is 10.1. The van der Waals surface area contributed by atoms with Crippen LogP contribution in [0, 0.1) is 0 Å². The molecule has 2 aromatic rings. The Kier molecular flexibility index (Phi) is 4.09. The third-order valence-electron chi connectivity index (χ3n) is 4.81. The van der Waals surface area contributed by atoms with Gasteiger partial charge < -0.3 is 9.30 Å². The number of fused-ring (bicyclic) bond motifs is 2. The molecular formula is C17H18ClN3O4S. The van der Waals surface area contributed by atoms with Crippen LogP contribution in [-0.2, 0) is 36.5 Å². The van der Waals surface area contributed by atoms with Crippen molar-refractivity contribution in [3.05, 3.63) is 50.7 Å². The van der Waals surface area contributed by atoms with E-state index >= 15 is 0 Å². The van der Waals surface area contributed by atoms with Gasteiger partial charge in [-0.3, -0.25) is 4.79 Å². The monoisotopic (exact) mass is 395 g/mol. The van der Waals surface area contributed by atoms with Gasteiger partial charge in [0.25, 0.3) is 5.56 Å². The van der Waals surface area contributed by atoms with Gasteiger partial charge in [0.2, 0.25) is 10.0 Å². The molecule has 0 saturated heterocycles. The maximum atomic E-state index is 13.1. The molecule has 0 amide bonds. The van der Waals surface area contributed by atoms with Crippen molar-refractivity contribution in [3.8, 4) is 5.75 Å². The predicted molar refractivity (Wildman–Crippen MR) is 96.0 cm³/mol. The van der Waals surface area contributed by atoms with E-state index in [1.165, 1.54) is 21.3 Å². The summed E-state index contributed by atoms with van der Waals surface area (Å²) in [5, 5.41) is 0.301. The molecule has 0 fully saturated rings. The highest BCUT2D eigenvalue weighted by molar-refractivity contribution is 7.89. The van der Waals surface area contributed by atoms with E-state index in [2.05, 4.69) is 4.98 Å². The number of nitrogens with zero attached hydrogens (tertiary/aromatic N) is 3. The summed E-state index contributed by atoms with van der Waals surface area (Å²) in [5.74, 6) is 0.562. The number of rotatable bonds is 2. The molecule has 1 unspecified atom stereocenters. The smallest absolute Gasteiger partial charge is 0.256 e. The Morgan fingerprint density at radius 2 is 2.12 bits per heavy atom. The molecule has 0 bridgehead atoms. The van der Waals surface area contributed by atoms with Crippen molar-refractivity contribution >= 4 is 21.6 Å². The molecule has 1 atom stereocenters. The molecule has 1 aromatic heterocycles. The van der Waals surface area contributed by atoms with Gasteiger partial charge in [0.15, 0.2) is 0 Å². The second-order valence-electron chi connectivity index (χ2n) is 6.70. The number of ether oxygens (including phenoxy) is 1. The van der Waals surface area contributed by atoms with Gasteiger partial charge in [-0.1, -0.05) is 11.6 Å². The minimum Gasteiger partial charge on any atom is -0.489 e. The molecule has 1 aromatic carbocycles. The van der Waals surface area contributed by atoms with E-state index in [9.17, 15) is 13.2 Å². The van der Waals surface area contributed by atoms with Crippen LogP contribution in [0.4, 0.5) is 0 Å². The summed E-state index contributed by atoms with van der Waals surface area (Å²) in [4.78, 5) is 16.5. The maximum Gasteiger partial charge on any atom is 0.256 e. The summed E-state index contributed by atoms with van der Waals surface area (Å²) in [5.41, 5.74) is 1.76. The third kappa shape index (κ3) is 2.72. The van der Waals surface area contributed by atoms with Crippen LogP contribution >= 0.6 is 11.6 Å². The van der Waals surface area contributed by atoms with Crippen molar-refractivity contribution in [2.45, 2.75) is 37.3 Å². The molecule has 26 heavy (non-hydrogen) atoms. The summed E-state index contributed by atoms with van der Waals surface area (Å²) in [6.07, 6.45) is 2.36. The van der Waals surface area contributed by atoms with Crippen LogP contribution < -0.4 is 10.3 Å². The van der Waals surface area contributed by atoms with Crippen LogP contribution in [0.5, 0.6) is 5.75 Å². The first-order valence-electron chi connectivity index (χ1n) is 8.30. The zero-order valence-corrected chi connectivity index (χ0v) is 16.0. The number of aromatic nitrogens is 2. The lowest BCUT2D eigenvalue weighted by Gasteiger charge is -2.27. The number of aryl methyl sites for hydroxylation is 1. The zero-order valence-electron chi connectivity index (χ0n) is 14.4. The molecule has 4 rings (SSSR count). The molecule has 0 aliphatic carbocycles. The van der Waals surface area contributed by atoms with Crippen LogP contribution in [0.1, 0.15) is 23.7 Å². The van der Waals surface area contributed by atoms with Crippen molar-refractivity contribution in [1.29, 1.82) is 0 Å². The lowest BCUT2D eigenvalue weighted by Crippen LogP contribution is -2.40. The van der Waals surface area contributed by atoms with Gasteiger partial charge >= 0.3 is 0 Å². The number of sulfonamides is 1. The lowest BCUT2D eigenvalue weighted by atomic mass is 10.1. The minimum absolute atomic E-state index is 0.0252. The first kappa shape index (κ1) is 17.5. The second kappa shape index (κ2) is 6.07. The Morgan fingerprint density at radius 1 is 1.35 bits per heavy atom. The minimum atomic E-state index is -3.74. The van der Waals surface area contributed by atoms with Gasteiger partial charge in [-0.15, -0.1) is 0 Å². The zero-order chi connectivity index (χ0) is 18.6. The van der Waals surface area contributed by atoms with Crippen LogP contribution in [0.2, 0.25) is 5.02 Å². The fraction of sp³-hybridized carbons (Fsp3) is 0.412. The molecular weight excluding hydrogens is 378 g/mol. The predicted octanol–water partition coefficient (Wildman–Crippen LogP) is 1.50. The van der Waals surface area contributed by atoms with Gasteiger partial charge in [-0.25, -0.2) is 13.4 Å².